The predicted molar refractivity (Wildman–Crippen MR) is 117 cm³/mol. The molecule has 166 valence electrons. The van der Waals surface area contributed by atoms with Crippen molar-refractivity contribution in [3.8, 4) is 29.0 Å². The fraction of sp³-hybridized carbons (Fsp3) is 0.261. The van der Waals surface area contributed by atoms with E-state index < -0.39 is 0 Å². The fourth-order valence-electron chi connectivity index (χ4n) is 3.76. The number of aromatic nitrogens is 5. The van der Waals surface area contributed by atoms with Gasteiger partial charge in [0.1, 0.15) is 17.6 Å². The van der Waals surface area contributed by atoms with Gasteiger partial charge < -0.3 is 14.8 Å². The second kappa shape index (κ2) is 8.70. The maximum Gasteiger partial charge on any atom is 0.316 e. The summed E-state index contributed by atoms with van der Waals surface area (Å²) in [6.45, 7) is 3.30. The van der Waals surface area contributed by atoms with E-state index in [1.807, 2.05) is 6.92 Å². The Morgan fingerprint density at radius 3 is 2.88 bits per heavy atom. The number of halogens is 1. The van der Waals surface area contributed by atoms with Gasteiger partial charge in [0.05, 0.1) is 19.4 Å². The third-order valence-corrected chi connectivity index (χ3v) is 5.34. The van der Waals surface area contributed by atoms with Gasteiger partial charge in [-0.15, -0.1) is 0 Å². The maximum absolute atomic E-state index is 14.5. The lowest BCUT2D eigenvalue weighted by Crippen LogP contribution is -2.09. The minimum absolute atomic E-state index is 0.215. The minimum atomic E-state index is -0.300. The molecular weight excluding hydrogens is 425 g/mol. The molecule has 9 nitrogen and oxygen atoms in total. The number of hydrogen-bond donors (Lipinski definition) is 1. The molecular formula is C23H20FN7O2. The number of nitrogens with one attached hydrogen (secondary N) is 1. The molecule has 4 aromatic rings. The number of hydrogen-bond acceptors (Lipinski definition) is 8. The van der Waals surface area contributed by atoms with Gasteiger partial charge in [0.15, 0.2) is 11.3 Å². The van der Waals surface area contributed by atoms with Crippen molar-refractivity contribution in [2.24, 2.45) is 0 Å². The zero-order valence-corrected chi connectivity index (χ0v) is 17.9. The van der Waals surface area contributed by atoms with E-state index in [-0.39, 0.29) is 18.1 Å². The van der Waals surface area contributed by atoms with E-state index >= 15 is 0 Å². The van der Waals surface area contributed by atoms with E-state index in [1.54, 1.807) is 35.3 Å². The van der Waals surface area contributed by atoms with Crippen LogP contribution in [0.1, 0.15) is 30.2 Å². The smallest absolute Gasteiger partial charge is 0.316 e. The Balaban J connectivity index is 1.48. The van der Waals surface area contributed by atoms with Crippen molar-refractivity contribution in [2.75, 3.05) is 18.5 Å². The van der Waals surface area contributed by atoms with E-state index in [2.05, 4.69) is 31.3 Å². The van der Waals surface area contributed by atoms with Crippen LogP contribution in [-0.4, -0.2) is 37.6 Å². The first-order valence-electron chi connectivity index (χ1n) is 10.6. The molecule has 0 aliphatic carbocycles. The molecule has 0 saturated carbocycles. The van der Waals surface area contributed by atoms with Crippen molar-refractivity contribution < 1.29 is 13.9 Å². The van der Waals surface area contributed by atoms with Crippen LogP contribution in [0.15, 0.2) is 36.9 Å². The Labute approximate surface area is 188 Å². The highest BCUT2D eigenvalue weighted by molar-refractivity contribution is 5.77. The second-order valence-electron chi connectivity index (χ2n) is 7.48. The first-order valence-corrected chi connectivity index (χ1v) is 10.6. The second-order valence-corrected chi connectivity index (χ2v) is 7.48. The lowest BCUT2D eigenvalue weighted by molar-refractivity contribution is 0.292. The van der Waals surface area contributed by atoms with Crippen LogP contribution in [0.25, 0.3) is 16.8 Å². The number of ether oxygens (including phenoxy) is 2. The summed E-state index contributed by atoms with van der Waals surface area (Å²) in [5.41, 5.74) is 3.49. The van der Waals surface area contributed by atoms with Gasteiger partial charge in [-0.2, -0.15) is 5.26 Å². The number of rotatable bonds is 7. The topological polar surface area (TPSA) is 110 Å². The quantitative estimate of drug-likeness (QED) is 0.460. The van der Waals surface area contributed by atoms with Crippen LogP contribution in [0.2, 0.25) is 0 Å². The summed E-state index contributed by atoms with van der Waals surface area (Å²) < 4.78 is 27.2. The van der Waals surface area contributed by atoms with Crippen molar-refractivity contribution in [3.05, 3.63) is 59.6 Å². The van der Waals surface area contributed by atoms with Crippen LogP contribution in [0.4, 0.5) is 10.3 Å². The van der Waals surface area contributed by atoms with Gasteiger partial charge in [-0.3, -0.25) is 4.40 Å². The van der Waals surface area contributed by atoms with Gasteiger partial charge in [0.25, 0.3) is 0 Å². The number of anilines is 1. The summed E-state index contributed by atoms with van der Waals surface area (Å²) in [5.74, 6) is 0.843. The number of imidazole rings is 1. The summed E-state index contributed by atoms with van der Waals surface area (Å²) in [7, 11) is 0. The summed E-state index contributed by atoms with van der Waals surface area (Å²) in [4.78, 5) is 17.4. The SMILES string of the molecule is CCCOc1ncc(-c2cnc(NCc3c(F)ccc4c3CCO4)n3cc(C#N)nc23)cn1. The maximum atomic E-state index is 14.5. The Bertz CT molecular complexity index is 1360. The summed E-state index contributed by atoms with van der Waals surface area (Å²) in [6.07, 6.45) is 8.00. The standard InChI is InChI=1S/C23H20FN7O2/c1-2-6-33-23-28-9-14(10-29-23)17-11-26-22(31-13-15(8-25)30-21(17)31)27-12-18-16-5-7-32-20(16)4-3-19(18)24/h3-4,9-11,13H,2,5-7,12H2,1H3,(H,26,27). The van der Waals surface area contributed by atoms with E-state index in [1.165, 1.54) is 6.07 Å². The zero-order chi connectivity index (χ0) is 22.8. The van der Waals surface area contributed by atoms with Crippen LogP contribution in [0.5, 0.6) is 11.8 Å². The van der Waals surface area contributed by atoms with E-state index in [9.17, 15) is 9.65 Å². The highest BCUT2D eigenvalue weighted by Gasteiger charge is 2.20. The summed E-state index contributed by atoms with van der Waals surface area (Å²) in [5, 5.41) is 12.6. The normalized spacial score (nSPS) is 12.3. The monoisotopic (exact) mass is 445 g/mol. The molecule has 0 bridgehead atoms. The Morgan fingerprint density at radius 1 is 1.24 bits per heavy atom. The molecule has 33 heavy (non-hydrogen) atoms. The van der Waals surface area contributed by atoms with Crippen molar-refractivity contribution in [3.63, 3.8) is 0 Å². The average molecular weight is 445 g/mol. The fourth-order valence-corrected chi connectivity index (χ4v) is 3.76. The molecule has 3 aromatic heterocycles. The van der Waals surface area contributed by atoms with E-state index in [0.29, 0.717) is 59.7 Å². The predicted octanol–water partition coefficient (Wildman–Crippen LogP) is 3.53. The highest BCUT2D eigenvalue weighted by atomic mass is 19.1. The van der Waals surface area contributed by atoms with Gasteiger partial charge in [0, 0.05) is 53.8 Å². The molecule has 4 heterocycles. The minimum Gasteiger partial charge on any atom is -0.493 e. The molecule has 5 rings (SSSR count). The molecule has 0 saturated heterocycles. The Kier molecular flexibility index (Phi) is 5.44. The third kappa shape index (κ3) is 3.89. The molecule has 1 aliphatic heterocycles. The molecule has 0 amide bonds. The third-order valence-electron chi connectivity index (χ3n) is 5.34. The molecule has 1 aromatic carbocycles. The van der Waals surface area contributed by atoms with Crippen molar-refractivity contribution >= 4 is 11.6 Å². The first-order chi connectivity index (χ1) is 16.2. The van der Waals surface area contributed by atoms with Crippen molar-refractivity contribution in [1.29, 1.82) is 5.26 Å². The summed E-state index contributed by atoms with van der Waals surface area (Å²) >= 11 is 0. The van der Waals surface area contributed by atoms with Gasteiger partial charge in [0.2, 0.25) is 5.95 Å². The molecule has 0 radical (unpaired) electrons. The van der Waals surface area contributed by atoms with Gasteiger partial charge in [-0.05, 0) is 18.6 Å². The van der Waals surface area contributed by atoms with Crippen LogP contribution >= 0.6 is 0 Å². The molecule has 0 spiro atoms. The number of nitrogens with zero attached hydrogens (tertiary/aromatic N) is 6. The average Bonchev–Trinajstić information content (AvgIpc) is 3.50. The van der Waals surface area contributed by atoms with E-state index in [4.69, 9.17) is 9.47 Å². The Morgan fingerprint density at radius 2 is 2.09 bits per heavy atom. The van der Waals surface area contributed by atoms with Crippen molar-refractivity contribution in [2.45, 2.75) is 26.3 Å². The number of benzene rings is 1. The highest BCUT2D eigenvalue weighted by Crippen LogP contribution is 2.31. The molecule has 0 atom stereocenters. The Hall–Kier alpha value is -4.26. The van der Waals surface area contributed by atoms with Crippen LogP contribution in [0, 0.1) is 17.1 Å². The van der Waals surface area contributed by atoms with Gasteiger partial charge in [-0.25, -0.2) is 24.3 Å². The zero-order valence-electron chi connectivity index (χ0n) is 17.9. The number of fused-ring (bicyclic) bond motifs is 2. The van der Waals surface area contributed by atoms with Crippen LogP contribution in [-0.2, 0) is 13.0 Å². The van der Waals surface area contributed by atoms with Crippen LogP contribution in [0.3, 0.4) is 0 Å². The van der Waals surface area contributed by atoms with Gasteiger partial charge >= 0.3 is 6.01 Å². The number of nitriles is 1. The van der Waals surface area contributed by atoms with Crippen LogP contribution < -0.4 is 14.8 Å². The molecule has 0 fully saturated rings. The molecule has 0 unspecified atom stereocenters. The molecule has 1 N–H and O–H groups in total. The molecule has 10 heteroatoms. The van der Waals surface area contributed by atoms with Crippen molar-refractivity contribution in [1.82, 2.24) is 24.3 Å². The van der Waals surface area contributed by atoms with E-state index in [0.717, 1.165) is 12.0 Å². The lowest BCUT2D eigenvalue weighted by Gasteiger charge is -2.13. The summed E-state index contributed by atoms with van der Waals surface area (Å²) in [6, 6.07) is 5.42. The lowest BCUT2D eigenvalue weighted by atomic mass is 10.0. The largest absolute Gasteiger partial charge is 0.493 e. The molecule has 1 aliphatic rings. The first kappa shape index (κ1) is 20.6. The van der Waals surface area contributed by atoms with Gasteiger partial charge in [-0.1, -0.05) is 6.92 Å².